The molecule has 2 aromatic carbocycles. The fourth-order valence-corrected chi connectivity index (χ4v) is 7.30. The molecule has 33 heavy (non-hydrogen) atoms. The van der Waals surface area contributed by atoms with E-state index in [4.69, 9.17) is 16.3 Å². The molecule has 9 heteroatoms. The van der Waals surface area contributed by atoms with Crippen molar-refractivity contribution in [1.29, 1.82) is 0 Å². The number of carbonyl (C=O) groups is 1. The number of sulfonamides is 1. The summed E-state index contributed by atoms with van der Waals surface area (Å²) in [6, 6.07) is 10.0. The van der Waals surface area contributed by atoms with Crippen molar-refractivity contribution in [3.8, 4) is 5.75 Å². The first kappa shape index (κ1) is 24.5. The maximum atomic E-state index is 13.8. The minimum atomic E-state index is -3.94. The molecular weight excluding hydrogens is 528 g/mol. The number of amides is 1. The summed E-state index contributed by atoms with van der Waals surface area (Å²) in [5.41, 5.74) is 1.93. The molecule has 1 aliphatic heterocycles. The molecule has 1 fully saturated rings. The molecule has 2 aromatic rings. The molecule has 0 radical (unpaired) electrons. The number of ether oxygens (including phenoxy) is 1. The quantitative estimate of drug-likeness (QED) is 0.478. The lowest BCUT2D eigenvalue weighted by atomic mass is 9.95. The van der Waals surface area contributed by atoms with E-state index in [-0.39, 0.29) is 34.5 Å². The van der Waals surface area contributed by atoms with Gasteiger partial charge in [-0.3, -0.25) is 4.79 Å². The Balaban J connectivity index is 1.67. The third kappa shape index (κ3) is 4.94. The Bertz CT molecular complexity index is 1150. The Labute approximate surface area is 209 Å². The van der Waals surface area contributed by atoms with Crippen molar-refractivity contribution in [2.24, 2.45) is 0 Å². The molecule has 4 rings (SSSR count). The van der Waals surface area contributed by atoms with Gasteiger partial charge in [0.2, 0.25) is 15.9 Å². The summed E-state index contributed by atoms with van der Waals surface area (Å²) in [5, 5.41) is 0.223. The summed E-state index contributed by atoms with van der Waals surface area (Å²) in [6.45, 7) is 1.80. The topological polar surface area (TPSA) is 66.9 Å². The normalized spacial score (nSPS) is 19.1. The smallest absolute Gasteiger partial charge is 0.243 e. The van der Waals surface area contributed by atoms with E-state index in [9.17, 15) is 13.2 Å². The number of carbonyl (C=O) groups excluding carboxylic acids is 1. The van der Waals surface area contributed by atoms with E-state index in [0.29, 0.717) is 5.75 Å². The van der Waals surface area contributed by atoms with Crippen LogP contribution >= 0.6 is 27.5 Å². The molecule has 0 N–H and O–H groups in total. The van der Waals surface area contributed by atoms with Crippen molar-refractivity contribution in [1.82, 2.24) is 4.31 Å². The minimum absolute atomic E-state index is 0.0341. The molecule has 0 spiro atoms. The zero-order valence-corrected chi connectivity index (χ0v) is 21.9. The van der Waals surface area contributed by atoms with Gasteiger partial charge in [0.15, 0.2) is 0 Å². The summed E-state index contributed by atoms with van der Waals surface area (Å²) >= 11 is 9.73. The van der Waals surface area contributed by atoms with Gasteiger partial charge in [-0.15, -0.1) is 0 Å². The van der Waals surface area contributed by atoms with E-state index in [1.165, 1.54) is 23.5 Å². The summed E-state index contributed by atoms with van der Waals surface area (Å²) in [5.74, 6) is 0.196. The zero-order chi connectivity index (χ0) is 23.8. The van der Waals surface area contributed by atoms with Crippen LogP contribution in [0.5, 0.6) is 5.75 Å². The van der Waals surface area contributed by atoms with E-state index in [1.807, 2.05) is 25.1 Å². The first-order chi connectivity index (χ1) is 15.7. The average molecular weight is 556 g/mol. The number of nitrogens with zero attached hydrogens (tertiary/aromatic N) is 2. The second kappa shape index (κ2) is 9.94. The maximum Gasteiger partial charge on any atom is 0.243 e. The number of halogens is 2. The molecule has 0 unspecified atom stereocenters. The molecule has 2 aliphatic rings. The second-order valence-corrected chi connectivity index (χ2v) is 11.9. The Morgan fingerprint density at radius 2 is 1.91 bits per heavy atom. The van der Waals surface area contributed by atoms with Crippen LogP contribution in [0.2, 0.25) is 5.02 Å². The van der Waals surface area contributed by atoms with Crippen LogP contribution < -0.4 is 9.64 Å². The molecule has 0 bridgehead atoms. The molecule has 0 aromatic heterocycles. The fourth-order valence-electron chi connectivity index (χ4n) is 4.91. The van der Waals surface area contributed by atoms with E-state index >= 15 is 0 Å². The van der Waals surface area contributed by atoms with Crippen LogP contribution in [0.3, 0.4) is 0 Å². The number of hydrogen-bond donors (Lipinski definition) is 0. The van der Waals surface area contributed by atoms with E-state index in [0.717, 1.165) is 54.2 Å². The Hall–Kier alpha value is -1.61. The van der Waals surface area contributed by atoms with Crippen LogP contribution in [0.1, 0.15) is 44.6 Å². The molecule has 0 saturated heterocycles. The van der Waals surface area contributed by atoms with Gasteiger partial charge in [0.05, 0.1) is 23.6 Å². The number of benzene rings is 2. The lowest BCUT2D eigenvalue weighted by Crippen LogP contribution is -2.49. The largest absolute Gasteiger partial charge is 0.495 e. The number of fused-ring (bicyclic) bond motifs is 1. The molecular formula is C24H28BrClN2O4S. The van der Waals surface area contributed by atoms with Crippen LogP contribution in [-0.2, 0) is 21.2 Å². The van der Waals surface area contributed by atoms with Crippen molar-refractivity contribution in [2.75, 3.05) is 18.6 Å². The van der Waals surface area contributed by atoms with Gasteiger partial charge < -0.3 is 9.64 Å². The van der Waals surface area contributed by atoms with Crippen molar-refractivity contribution in [3.05, 3.63) is 51.5 Å². The van der Waals surface area contributed by atoms with Gasteiger partial charge in [-0.05, 0) is 68.1 Å². The molecule has 178 valence electrons. The van der Waals surface area contributed by atoms with Gasteiger partial charge >= 0.3 is 0 Å². The second-order valence-electron chi connectivity index (χ2n) is 8.73. The van der Waals surface area contributed by atoms with Crippen molar-refractivity contribution < 1.29 is 17.9 Å². The third-order valence-electron chi connectivity index (χ3n) is 6.53. The minimum Gasteiger partial charge on any atom is -0.495 e. The number of hydrogen-bond acceptors (Lipinski definition) is 4. The first-order valence-corrected chi connectivity index (χ1v) is 13.8. The predicted molar refractivity (Wildman–Crippen MR) is 134 cm³/mol. The fraction of sp³-hybridized carbons (Fsp3) is 0.458. The van der Waals surface area contributed by atoms with Crippen LogP contribution in [0.25, 0.3) is 0 Å². The van der Waals surface area contributed by atoms with Gasteiger partial charge in [0.1, 0.15) is 5.75 Å². The lowest BCUT2D eigenvalue weighted by molar-refractivity contribution is -0.119. The van der Waals surface area contributed by atoms with E-state index in [2.05, 4.69) is 15.9 Å². The average Bonchev–Trinajstić information content (AvgIpc) is 3.12. The highest BCUT2D eigenvalue weighted by Gasteiger charge is 2.38. The number of rotatable bonds is 6. The monoisotopic (exact) mass is 554 g/mol. The molecule has 1 heterocycles. The van der Waals surface area contributed by atoms with Crippen LogP contribution in [0.4, 0.5) is 5.69 Å². The summed E-state index contributed by atoms with van der Waals surface area (Å²) < 4.78 is 35.0. The summed E-state index contributed by atoms with van der Waals surface area (Å²) in [4.78, 5) is 15.4. The van der Waals surface area contributed by atoms with Crippen molar-refractivity contribution in [3.63, 3.8) is 0 Å². The third-order valence-corrected chi connectivity index (χ3v) is 9.21. The molecule has 1 atom stereocenters. The van der Waals surface area contributed by atoms with E-state index < -0.39 is 10.0 Å². The van der Waals surface area contributed by atoms with Crippen molar-refractivity contribution >= 4 is 49.1 Å². The van der Waals surface area contributed by atoms with Crippen molar-refractivity contribution in [2.45, 2.75) is 62.4 Å². The zero-order valence-electron chi connectivity index (χ0n) is 18.8. The van der Waals surface area contributed by atoms with Gasteiger partial charge in [0, 0.05) is 22.2 Å². The lowest BCUT2D eigenvalue weighted by Gasteiger charge is -2.34. The molecule has 1 amide bonds. The van der Waals surface area contributed by atoms with Gasteiger partial charge in [-0.25, -0.2) is 8.42 Å². The Morgan fingerprint density at radius 1 is 1.18 bits per heavy atom. The number of methoxy groups -OCH3 is 1. The Morgan fingerprint density at radius 3 is 2.58 bits per heavy atom. The highest BCUT2D eigenvalue weighted by atomic mass is 79.9. The first-order valence-electron chi connectivity index (χ1n) is 11.2. The standard InChI is InChI=1S/C24H28BrClN2O4S/c1-16-12-17-13-18(25)8-10-22(17)28(16)24(29)15-27(19-6-4-3-5-7-19)33(30,31)20-9-11-23(32-2)21(26)14-20/h8-11,13-14,16,19H,3-7,12,15H2,1-2H3/t16-/m0/s1. The molecule has 1 saturated carbocycles. The Kier molecular flexibility index (Phi) is 7.38. The van der Waals surface area contributed by atoms with Gasteiger partial charge in [-0.2, -0.15) is 4.31 Å². The summed E-state index contributed by atoms with van der Waals surface area (Å²) in [7, 11) is -2.45. The highest BCUT2D eigenvalue weighted by Crippen LogP contribution is 2.36. The van der Waals surface area contributed by atoms with Crippen LogP contribution in [-0.4, -0.2) is 44.4 Å². The van der Waals surface area contributed by atoms with Crippen LogP contribution in [0, 0.1) is 0 Å². The molecule has 1 aliphatic carbocycles. The maximum absolute atomic E-state index is 13.8. The predicted octanol–water partition coefficient (Wildman–Crippen LogP) is 5.41. The molecule has 6 nitrogen and oxygen atoms in total. The summed E-state index contributed by atoms with van der Waals surface area (Å²) in [6.07, 6.45) is 5.21. The van der Waals surface area contributed by atoms with E-state index in [1.54, 1.807) is 11.0 Å². The van der Waals surface area contributed by atoms with Gasteiger partial charge in [0.25, 0.3) is 0 Å². The SMILES string of the molecule is COc1ccc(S(=O)(=O)N(CC(=O)N2c3ccc(Br)cc3C[C@@H]2C)C2CCCCC2)cc1Cl. The highest BCUT2D eigenvalue weighted by molar-refractivity contribution is 9.10. The number of anilines is 1. The van der Waals surface area contributed by atoms with Crippen LogP contribution in [0.15, 0.2) is 45.8 Å². The van der Waals surface area contributed by atoms with Gasteiger partial charge in [-0.1, -0.05) is 46.8 Å².